The van der Waals surface area contributed by atoms with Crippen molar-refractivity contribution in [2.75, 3.05) is 21.3 Å². The molecule has 9 nitrogen and oxygen atoms in total. The molecule has 0 spiro atoms. The van der Waals surface area contributed by atoms with Crippen LogP contribution >= 0.6 is 0 Å². The van der Waals surface area contributed by atoms with E-state index < -0.39 is 5.97 Å². The second kappa shape index (κ2) is 12.6. The number of para-hydroxylation sites is 1. The maximum Gasteiger partial charge on any atom is 0.343 e. The van der Waals surface area contributed by atoms with Gasteiger partial charge in [0.25, 0.3) is 5.91 Å². The van der Waals surface area contributed by atoms with Crippen LogP contribution < -0.4 is 24.4 Å². The summed E-state index contributed by atoms with van der Waals surface area (Å²) in [6.45, 7) is 0. The molecule has 1 aromatic heterocycles. The van der Waals surface area contributed by atoms with Crippen LogP contribution in [-0.4, -0.2) is 44.4 Å². The number of pyridine rings is 1. The lowest BCUT2D eigenvalue weighted by molar-refractivity contribution is 0.0733. The number of hydrazone groups is 1. The molecule has 0 fully saturated rings. The largest absolute Gasteiger partial charge is 0.493 e. The summed E-state index contributed by atoms with van der Waals surface area (Å²) in [7, 11) is 4.42. The third-order valence-electron chi connectivity index (χ3n) is 6.40. The van der Waals surface area contributed by atoms with Crippen molar-refractivity contribution in [1.29, 1.82) is 0 Å². The number of esters is 1. The summed E-state index contributed by atoms with van der Waals surface area (Å²) >= 11 is 0. The number of methoxy groups -OCH3 is 3. The van der Waals surface area contributed by atoms with Crippen molar-refractivity contribution in [2.24, 2.45) is 5.10 Å². The maximum atomic E-state index is 13.1. The van der Waals surface area contributed by atoms with Gasteiger partial charge in [-0.25, -0.2) is 15.2 Å². The summed E-state index contributed by atoms with van der Waals surface area (Å²) in [4.78, 5) is 30.6. The van der Waals surface area contributed by atoms with Crippen LogP contribution in [0.4, 0.5) is 0 Å². The third kappa shape index (κ3) is 6.05. The lowest BCUT2D eigenvalue weighted by Crippen LogP contribution is -2.18. The highest BCUT2D eigenvalue weighted by molar-refractivity contribution is 6.07. The number of carbonyl (C=O) groups excluding carboxylic acids is 2. The molecule has 0 atom stereocenters. The fraction of sp³-hybridized carbons (Fsp3) is 0.0909. The van der Waals surface area contributed by atoms with Gasteiger partial charge in [-0.1, -0.05) is 48.5 Å². The van der Waals surface area contributed by atoms with Gasteiger partial charge in [-0.3, -0.25) is 4.79 Å². The molecule has 42 heavy (non-hydrogen) atoms. The number of ether oxygens (including phenoxy) is 4. The van der Waals surface area contributed by atoms with Gasteiger partial charge in [0.05, 0.1) is 49.9 Å². The summed E-state index contributed by atoms with van der Waals surface area (Å²) in [6.07, 6.45) is 1.50. The van der Waals surface area contributed by atoms with E-state index in [1.54, 1.807) is 30.3 Å². The van der Waals surface area contributed by atoms with Crippen LogP contribution in [-0.2, 0) is 0 Å². The summed E-state index contributed by atoms with van der Waals surface area (Å²) in [5.41, 5.74) is 6.30. The summed E-state index contributed by atoms with van der Waals surface area (Å²) in [5, 5.41) is 4.85. The van der Waals surface area contributed by atoms with Gasteiger partial charge >= 0.3 is 5.97 Å². The highest BCUT2D eigenvalue weighted by Crippen LogP contribution is 2.38. The van der Waals surface area contributed by atoms with Crippen molar-refractivity contribution in [3.8, 4) is 34.3 Å². The van der Waals surface area contributed by atoms with Gasteiger partial charge in [0.2, 0.25) is 5.75 Å². The van der Waals surface area contributed by atoms with Crippen molar-refractivity contribution in [2.45, 2.75) is 0 Å². The Morgan fingerprint density at radius 2 is 1.45 bits per heavy atom. The van der Waals surface area contributed by atoms with Gasteiger partial charge in [-0.2, -0.15) is 5.10 Å². The zero-order valence-corrected chi connectivity index (χ0v) is 23.2. The smallest absolute Gasteiger partial charge is 0.343 e. The Bertz CT molecular complexity index is 1740. The first kappa shape index (κ1) is 27.9. The molecule has 0 unspecified atom stereocenters. The number of hydrogen-bond donors (Lipinski definition) is 1. The number of fused-ring (bicyclic) bond motifs is 1. The summed E-state index contributed by atoms with van der Waals surface area (Å²) < 4.78 is 21.4. The van der Waals surface area contributed by atoms with Gasteiger partial charge < -0.3 is 18.9 Å². The molecular formula is C33H27N3O6. The number of aromatic nitrogens is 1. The van der Waals surface area contributed by atoms with E-state index in [1.165, 1.54) is 39.7 Å². The van der Waals surface area contributed by atoms with E-state index in [9.17, 15) is 9.59 Å². The predicted octanol–water partition coefficient (Wildman–Crippen LogP) is 5.91. The molecule has 0 aliphatic carbocycles. The first-order valence-corrected chi connectivity index (χ1v) is 12.9. The van der Waals surface area contributed by atoms with Crippen LogP contribution in [0.5, 0.6) is 23.0 Å². The Kier molecular flexibility index (Phi) is 8.39. The predicted molar refractivity (Wildman–Crippen MR) is 160 cm³/mol. The van der Waals surface area contributed by atoms with Crippen molar-refractivity contribution in [3.63, 3.8) is 0 Å². The molecular weight excluding hydrogens is 534 g/mol. The monoisotopic (exact) mass is 561 g/mol. The van der Waals surface area contributed by atoms with Gasteiger partial charge in [0.15, 0.2) is 11.5 Å². The highest BCUT2D eigenvalue weighted by atomic mass is 16.5. The fourth-order valence-corrected chi connectivity index (χ4v) is 4.33. The molecule has 1 heterocycles. The Balaban J connectivity index is 1.28. The molecule has 5 aromatic rings. The van der Waals surface area contributed by atoms with Gasteiger partial charge in [-0.15, -0.1) is 0 Å². The standard InChI is InChI=1S/C33H27N3O6/c1-39-29-17-23(18-30(40-2)31(29)41-3)33(38)42-24-15-13-21(14-16-24)20-34-36-32(37)26-19-28(22-9-5-4-6-10-22)35-27-12-8-7-11-25(26)27/h4-20H,1-3H3,(H,36,37). The van der Waals surface area contributed by atoms with E-state index in [0.29, 0.717) is 45.3 Å². The van der Waals surface area contributed by atoms with Crippen molar-refractivity contribution < 1.29 is 28.5 Å². The molecule has 5 rings (SSSR count). The third-order valence-corrected chi connectivity index (χ3v) is 6.40. The number of nitrogens with zero attached hydrogens (tertiary/aromatic N) is 2. The molecule has 0 aliphatic rings. The van der Waals surface area contributed by atoms with E-state index in [2.05, 4.69) is 10.5 Å². The molecule has 0 saturated heterocycles. The first-order chi connectivity index (χ1) is 20.5. The normalized spacial score (nSPS) is 10.8. The summed E-state index contributed by atoms with van der Waals surface area (Å²) in [6, 6.07) is 28.6. The zero-order chi connectivity index (χ0) is 29.5. The lowest BCUT2D eigenvalue weighted by Gasteiger charge is -2.13. The Morgan fingerprint density at radius 1 is 0.786 bits per heavy atom. The molecule has 0 aliphatic heterocycles. The molecule has 0 bridgehead atoms. The molecule has 1 amide bonds. The van der Waals surface area contributed by atoms with Gasteiger partial charge in [0, 0.05) is 10.9 Å². The number of rotatable bonds is 9. The maximum absolute atomic E-state index is 13.1. The number of hydrogen-bond acceptors (Lipinski definition) is 8. The molecule has 4 aromatic carbocycles. The van der Waals surface area contributed by atoms with E-state index in [4.69, 9.17) is 23.9 Å². The second-order valence-corrected chi connectivity index (χ2v) is 9.01. The van der Waals surface area contributed by atoms with E-state index in [-0.39, 0.29) is 11.5 Å². The second-order valence-electron chi connectivity index (χ2n) is 9.01. The number of carbonyl (C=O) groups is 2. The van der Waals surface area contributed by atoms with Crippen LogP contribution in [0.15, 0.2) is 102 Å². The molecule has 210 valence electrons. The zero-order valence-electron chi connectivity index (χ0n) is 23.2. The highest BCUT2D eigenvalue weighted by Gasteiger charge is 2.18. The van der Waals surface area contributed by atoms with Crippen molar-refractivity contribution in [1.82, 2.24) is 10.4 Å². The van der Waals surface area contributed by atoms with Crippen molar-refractivity contribution in [3.05, 3.63) is 114 Å². The quantitative estimate of drug-likeness (QED) is 0.103. The van der Waals surface area contributed by atoms with E-state index in [0.717, 1.165) is 10.9 Å². The Morgan fingerprint density at radius 3 is 2.12 bits per heavy atom. The SMILES string of the molecule is COc1cc(C(=O)Oc2ccc(C=NNC(=O)c3cc(-c4ccccc4)nc4ccccc34)cc2)cc(OC)c1OC. The van der Waals surface area contributed by atoms with Gasteiger partial charge in [0.1, 0.15) is 5.75 Å². The van der Waals surface area contributed by atoms with Crippen LogP contribution in [0.3, 0.4) is 0 Å². The number of nitrogens with one attached hydrogen (secondary N) is 1. The molecule has 9 heteroatoms. The molecule has 0 radical (unpaired) electrons. The average molecular weight is 562 g/mol. The van der Waals surface area contributed by atoms with Gasteiger partial charge in [-0.05, 0) is 54.1 Å². The van der Waals surface area contributed by atoms with Crippen LogP contribution in [0.2, 0.25) is 0 Å². The van der Waals surface area contributed by atoms with E-state index in [1.807, 2.05) is 54.6 Å². The number of benzene rings is 4. The van der Waals surface area contributed by atoms with Crippen LogP contribution in [0, 0.1) is 0 Å². The lowest BCUT2D eigenvalue weighted by atomic mass is 10.0. The van der Waals surface area contributed by atoms with E-state index >= 15 is 0 Å². The first-order valence-electron chi connectivity index (χ1n) is 12.9. The van der Waals surface area contributed by atoms with Crippen LogP contribution in [0.25, 0.3) is 22.2 Å². The minimum Gasteiger partial charge on any atom is -0.493 e. The summed E-state index contributed by atoms with van der Waals surface area (Å²) in [5.74, 6) is 0.426. The minimum absolute atomic E-state index is 0.233. The minimum atomic E-state index is -0.595. The topological polar surface area (TPSA) is 108 Å². The van der Waals surface area contributed by atoms with Crippen molar-refractivity contribution >= 4 is 29.0 Å². The van der Waals surface area contributed by atoms with Crippen LogP contribution in [0.1, 0.15) is 26.3 Å². The molecule has 0 saturated carbocycles. The average Bonchev–Trinajstić information content (AvgIpc) is 3.04. The number of amides is 1. The Hall–Kier alpha value is -5.70. The molecule has 1 N–H and O–H groups in total. The fourth-order valence-electron chi connectivity index (χ4n) is 4.33. The Labute approximate surface area is 242 Å².